The minimum atomic E-state index is 0.175. The Morgan fingerprint density at radius 1 is 1.35 bits per heavy atom. The number of ether oxygens (including phenoxy) is 1. The topological polar surface area (TPSA) is 71.7 Å². The summed E-state index contributed by atoms with van der Waals surface area (Å²) in [6.45, 7) is 8.75. The third-order valence-electron chi connectivity index (χ3n) is 3.32. The Balaban J connectivity index is 1.70. The highest BCUT2D eigenvalue weighted by molar-refractivity contribution is 5.76. The fraction of sp³-hybridized carbons (Fsp3) is 0.769. The predicted octanol–water partition coefficient (Wildman–Crippen LogP) is 0.449. The van der Waals surface area contributed by atoms with Crippen LogP contribution in [0.2, 0.25) is 0 Å². The summed E-state index contributed by atoms with van der Waals surface area (Å²) >= 11 is 0. The number of aryl methyl sites for hydroxylation is 1. The van der Waals surface area contributed by atoms with Gasteiger partial charge in [0.1, 0.15) is 0 Å². The fourth-order valence-electron chi connectivity index (χ4n) is 2.22. The molecule has 112 valence electrons. The van der Waals surface area contributed by atoms with Crippen LogP contribution in [0.1, 0.15) is 25.1 Å². The molecule has 1 aromatic rings. The molecule has 2 rings (SSSR count). The molecular weight excluding hydrogens is 260 g/mol. The zero-order valence-electron chi connectivity index (χ0n) is 12.2. The largest absolute Gasteiger partial charge is 0.381 e. The summed E-state index contributed by atoms with van der Waals surface area (Å²) < 4.78 is 10.2. The monoisotopic (exact) mass is 282 g/mol. The van der Waals surface area contributed by atoms with Crippen LogP contribution in [0.25, 0.3) is 0 Å². The Bertz CT molecular complexity index is 427. The standard InChI is InChI=1S/C13H22N4O3/c1-3-19-9-4-13(18)17-7-5-16(6-8-17)10-12-14-11(2)20-15-12/h3-10H2,1-2H3. The van der Waals surface area contributed by atoms with E-state index in [0.29, 0.717) is 37.9 Å². The van der Waals surface area contributed by atoms with E-state index < -0.39 is 0 Å². The van der Waals surface area contributed by atoms with E-state index in [1.165, 1.54) is 0 Å². The maximum atomic E-state index is 11.9. The van der Waals surface area contributed by atoms with E-state index in [9.17, 15) is 4.79 Å². The third-order valence-corrected chi connectivity index (χ3v) is 3.32. The molecule has 1 amide bonds. The summed E-state index contributed by atoms with van der Waals surface area (Å²) in [5.74, 6) is 1.47. The predicted molar refractivity (Wildman–Crippen MR) is 72.0 cm³/mol. The lowest BCUT2D eigenvalue weighted by Gasteiger charge is -2.34. The van der Waals surface area contributed by atoms with Gasteiger partial charge in [-0.25, -0.2) is 0 Å². The summed E-state index contributed by atoms with van der Waals surface area (Å²) in [7, 11) is 0. The van der Waals surface area contributed by atoms with Gasteiger partial charge in [0.05, 0.1) is 19.6 Å². The van der Waals surface area contributed by atoms with Crippen molar-refractivity contribution in [1.82, 2.24) is 19.9 Å². The summed E-state index contributed by atoms with van der Waals surface area (Å²) in [5.41, 5.74) is 0. The first kappa shape index (κ1) is 14.9. The molecule has 0 aliphatic carbocycles. The molecule has 0 radical (unpaired) electrons. The first-order chi connectivity index (χ1) is 9.69. The average molecular weight is 282 g/mol. The highest BCUT2D eigenvalue weighted by Crippen LogP contribution is 2.07. The van der Waals surface area contributed by atoms with Gasteiger partial charge in [0, 0.05) is 39.7 Å². The highest BCUT2D eigenvalue weighted by atomic mass is 16.5. The van der Waals surface area contributed by atoms with Crippen molar-refractivity contribution in [2.45, 2.75) is 26.8 Å². The minimum Gasteiger partial charge on any atom is -0.381 e. The number of hydrogen-bond donors (Lipinski definition) is 0. The van der Waals surface area contributed by atoms with Crippen LogP contribution >= 0.6 is 0 Å². The lowest BCUT2D eigenvalue weighted by Crippen LogP contribution is -2.48. The Labute approximate surface area is 118 Å². The van der Waals surface area contributed by atoms with E-state index in [1.807, 2.05) is 11.8 Å². The van der Waals surface area contributed by atoms with Crippen molar-refractivity contribution >= 4 is 5.91 Å². The molecule has 0 saturated carbocycles. The van der Waals surface area contributed by atoms with E-state index in [0.717, 1.165) is 26.2 Å². The normalized spacial score (nSPS) is 16.6. The van der Waals surface area contributed by atoms with Crippen molar-refractivity contribution in [3.8, 4) is 0 Å². The lowest BCUT2D eigenvalue weighted by atomic mass is 10.2. The molecule has 0 spiro atoms. The maximum Gasteiger partial charge on any atom is 0.224 e. The number of rotatable bonds is 6. The zero-order chi connectivity index (χ0) is 14.4. The Kier molecular flexibility index (Phi) is 5.49. The Morgan fingerprint density at radius 3 is 2.70 bits per heavy atom. The van der Waals surface area contributed by atoms with Crippen LogP contribution < -0.4 is 0 Å². The van der Waals surface area contributed by atoms with E-state index in [1.54, 1.807) is 6.92 Å². The van der Waals surface area contributed by atoms with E-state index >= 15 is 0 Å². The molecule has 0 unspecified atom stereocenters. The van der Waals surface area contributed by atoms with Crippen molar-refractivity contribution in [2.24, 2.45) is 0 Å². The number of hydrogen-bond acceptors (Lipinski definition) is 6. The van der Waals surface area contributed by atoms with Gasteiger partial charge < -0.3 is 14.2 Å². The molecular formula is C13H22N4O3. The molecule has 20 heavy (non-hydrogen) atoms. The second-order valence-electron chi connectivity index (χ2n) is 4.83. The van der Waals surface area contributed by atoms with Crippen LogP contribution in [0.5, 0.6) is 0 Å². The number of nitrogens with zero attached hydrogens (tertiary/aromatic N) is 4. The average Bonchev–Trinajstić information content (AvgIpc) is 2.85. The number of carbonyl (C=O) groups is 1. The quantitative estimate of drug-likeness (QED) is 0.705. The van der Waals surface area contributed by atoms with Gasteiger partial charge in [-0.3, -0.25) is 9.69 Å². The van der Waals surface area contributed by atoms with Gasteiger partial charge in [-0.15, -0.1) is 0 Å². The van der Waals surface area contributed by atoms with Crippen LogP contribution in [-0.4, -0.2) is 65.2 Å². The summed E-state index contributed by atoms with van der Waals surface area (Å²) in [6, 6.07) is 0. The third kappa shape index (κ3) is 4.28. The molecule has 0 aromatic carbocycles. The second-order valence-corrected chi connectivity index (χ2v) is 4.83. The number of aromatic nitrogens is 2. The van der Waals surface area contributed by atoms with Crippen LogP contribution in [0.15, 0.2) is 4.52 Å². The van der Waals surface area contributed by atoms with Crippen LogP contribution in [0.4, 0.5) is 0 Å². The van der Waals surface area contributed by atoms with E-state index in [4.69, 9.17) is 9.26 Å². The molecule has 1 aliphatic rings. The van der Waals surface area contributed by atoms with E-state index in [2.05, 4.69) is 15.0 Å². The van der Waals surface area contributed by atoms with Gasteiger partial charge in [-0.1, -0.05) is 5.16 Å². The maximum absolute atomic E-state index is 11.9. The molecule has 1 aromatic heterocycles. The molecule has 0 atom stereocenters. The van der Waals surface area contributed by atoms with Gasteiger partial charge in [0.15, 0.2) is 5.82 Å². The minimum absolute atomic E-state index is 0.175. The molecule has 0 N–H and O–H groups in total. The van der Waals surface area contributed by atoms with Gasteiger partial charge in [-0.05, 0) is 6.92 Å². The smallest absolute Gasteiger partial charge is 0.224 e. The van der Waals surface area contributed by atoms with E-state index in [-0.39, 0.29) is 5.91 Å². The molecule has 0 bridgehead atoms. The Hall–Kier alpha value is -1.47. The zero-order valence-corrected chi connectivity index (χ0v) is 12.2. The number of amides is 1. The second kappa shape index (κ2) is 7.35. The lowest BCUT2D eigenvalue weighted by molar-refractivity contribution is -0.134. The van der Waals surface area contributed by atoms with Crippen molar-refractivity contribution in [1.29, 1.82) is 0 Å². The first-order valence-electron chi connectivity index (χ1n) is 7.06. The van der Waals surface area contributed by atoms with Crippen LogP contribution in [0, 0.1) is 6.92 Å². The first-order valence-corrected chi connectivity index (χ1v) is 7.06. The molecule has 7 nitrogen and oxygen atoms in total. The molecule has 1 aliphatic heterocycles. The fourth-order valence-corrected chi connectivity index (χ4v) is 2.22. The Morgan fingerprint density at radius 2 is 2.10 bits per heavy atom. The molecule has 7 heteroatoms. The summed E-state index contributed by atoms with van der Waals surface area (Å²) in [4.78, 5) is 20.3. The summed E-state index contributed by atoms with van der Waals surface area (Å²) in [6.07, 6.45) is 0.470. The number of piperazine rings is 1. The molecule has 1 fully saturated rings. The molecule has 2 heterocycles. The van der Waals surface area contributed by atoms with Crippen molar-refractivity contribution in [2.75, 3.05) is 39.4 Å². The van der Waals surface area contributed by atoms with Crippen molar-refractivity contribution in [3.05, 3.63) is 11.7 Å². The van der Waals surface area contributed by atoms with Gasteiger partial charge >= 0.3 is 0 Å². The van der Waals surface area contributed by atoms with Gasteiger partial charge in [0.2, 0.25) is 11.8 Å². The van der Waals surface area contributed by atoms with Crippen LogP contribution in [0.3, 0.4) is 0 Å². The molecule has 1 saturated heterocycles. The highest BCUT2D eigenvalue weighted by Gasteiger charge is 2.21. The van der Waals surface area contributed by atoms with Crippen molar-refractivity contribution < 1.29 is 14.1 Å². The number of carbonyl (C=O) groups excluding carboxylic acids is 1. The van der Waals surface area contributed by atoms with Gasteiger partial charge in [-0.2, -0.15) is 4.98 Å². The summed E-state index contributed by atoms with van der Waals surface area (Å²) in [5, 5.41) is 3.89. The van der Waals surface area contributed by atoms with Crippen molar-refractivity contribution in [3.63, 3.8) is 0 Å². The SMILES string of the molecule is CCOCCC(=O)N1CCN(Cc2noc(C)n2)CC1. The van der Waals surface area contributed by atoms with Gasteiger partial charge in [0.25, 0.3) is 0 Å². The van der Waals surface area contributed by atoms with Crippen LogP contribution in [-0.2, 0) is 16.1 Å².